The molecule has 0 heterocycles. The van der Waals surface area contributed by atoms with Crippen LogP contribution in [0.15, 0.2) is 42.5 Å². The third kappa shape index (κ3) is 5.60. The van der Waals surface area contributed by atoms with Gasteiger partial charge in [-0.3, -0.25) is 14.4 Å². The molecule has 8 heteroatoms. The largest absolute Gasteiger partial charge is 0.351 e. The van der Waals surface area contributed by atoms with Gasteiger partial charge in [-0.2, -0.15) is 0 Å². The fraction of sp³-hybridized carbons (Fsp3) is 0.211. The molecule has 0 aromatic heterocycles. The Morgan fingerprint density at radius 3 is 2.30 bits per heavy atom. The number of rotatable bonds is 6. The van der Waals surface area contributed by atoms with Gasteiger partial charge in [0.25, 0.3) is 5.91 Å². The second kappa shape index (κ2) is 8.88. The standard InChI is InChI=1S/C19H19F2N3O3/c1-12(25)24(2)15-6-4-14(5-7-15)23-18(26)9-10-22-19(27)16-8-3-13(20)11-17(16)21/h3-8,11H,9-10H2,1-2H3,(H,22,27)(H,23,26). The lowest BCUT2D eigenvalue weighted by Crippen LogP contribution is -2.28. The van der Waals surface area contributed by atoms with Crippen molar-refractivity contribution < 1.29 is 23.2 Å². The van der Waals surface area contributed by atoms with Gasteiger partial charge in [0.2, 0.25) is 11.8 Å². The highest BCUT2D eigenvalue weighted by Crippen LogP contribution is 2.17. The molecule has 2 aromatic carbocycles. The summed E-state index contributed by atoms with van der Waals surface area (Å²) >= 11 is 0. The number of hydrogen-bond donors (Lipinski definition) is 2. The summed E-state index contributed by atoms with van der Waals surface area (Å²) in [5, 5.41) is 5.06. The highest BCUT2D eigenvalue weighted by Gasteiger charge is 2.13. The first-order chi connectivity index (χ1) is 12.8. The molecular weight excluding hydrogens is 356 g/mol. The van der Waals surface area contributed by atoms with Gasteiger partial charge in [0, 0.05) is 44.4 Å². The normalized spacial score (nSPS) is 10.2. The highest BCUT2D eigenvalue weighted by molar-refractivity contribution is 5.95. The van der Waals surface area contributed by atoms with Crippen LogP contribution in [0.1, 0.15) is 23.7 Å². The van der Waals surface area contributed by atoms with E-state index in [1.54, 1.807) is 31.3 Å². The van der Waals surface area contributed by atoms with Gasteiger partial charge >= 0.3 is 0 Å². The van der Waals surface area contributed by atoms with Crippen molar-refractivity contribution in [1.29, 1.82) is 0 Å². The second-order valence-corrected chi connectivity index (χ2v) is 5.80. The predicted molar refractivity (Wildman–Crippen MR) is 97.5 cm³/mol. The Balaban J connectivity index is 1.82. The van der Waals surface area contributed by atoms with Gasteiger partial charge in [-0.05, 0) is 36.4 Å². The van der Waals surface area contributed by atoms with Gasteiger partial charge < -0.3 is 15.5 Å². The first-order valence-corrected chi connectivity index (χ1v) is 8.15. The summed E-state index contributed by atoms with van der Waals surface area (Å²) in [5.41, 5.74) is 0.938. The number of carbonyl (C=O) groups excluding carboxylic acids is 3. The quantitative estimate of drug-likeness (QED) is 0.815. The molecular formula is C19H19F2N3O3. The Labute approximate surface area is 155 Å². The summed E-state index contributed by atoms with van der Waals surface area (Å²) in [4.78, 5) is 36.5. The van der Waals surface area contributed by atoms with Crippen molar-refractivity contribution in [2.24, 2.45) is 0 Å². The molecule has 6 nitrogen and oxygen atoms in total. The lowest BCUT2D eigenvalue weighted by Gasteiger charge is -2.15. The van der Waals surface area contributed by atoms with E-state index in [1.807, 2.05) is 0 Å². The molecule has 0 aliphatic carbocycles. The summed E-state index contributed by atoms with van der Waals surface area (Å²) in [6.45, 7) is 1.44. The Morgan fingerprint density at radius 2 is 1.70 bits per heavy atom. The van der Waals surface area contributed by atoms with E-state index < -0.39 is 17.5 Å². The van der Waals surface area contributed by atoms with Crippen molar-refractivity contribution in [3.05, 3.63) is 59.7 Å². The molecule has 2 aromatic rings. The molecule has 0 radical (unpaired) electrons. The number of benzene rings is 2. The van der Waals surface area contributed by atoms with Crippen molar-refractivity contribution in [2.45, 2.75) is 13.3 Å². The number of hydrogen-bond acceptors (Lipinski definition) is 3. The molecule has 0 bridgehead atoms. The van der Waals surface area contributed by atoms with E-state index in [2.05, 4.69) is 10.6 Å². The predicted octanol–water partition coefficient (Wildman–Crippen LogP) is 2.71. The number of nitrogens with zero attached hydrogens (tertiary/aromatic N) is 1. The minimum absolute atomic E-state index is 0.00730. The molecule has 2 N–H and O–H groups in total. The fourth-order valence-corrected chi connectivity index (χ4v) is 2.23. The molecule has 142 valence electrons. The third-order valence-corrected chi connectivity index (χ3v) is 3.82. The number of halogens is 2. The van der Waals surface area contributed by atoms with Crippen molar-refractivity contribution in [1.82, 2.24) is 5.32 Å². The summed E-state index contributed by atoms with van der Waals surface area (Å²) in [6, 6.07) is 9.33. The van der Waals surface area contributed by atoms with Crippen LogP contribution in [0.2, 0.25) is 0 Å². The van der Waals surface area contributed by atoms with Crippen LogP contribution in [-0.4, -0.2) is 31.3 Å². The Bertz CT molecular complexity index is 854. The molecule has 0 spiro atoms. The van der Waals surface area contributed by atoms with Crippen LogP contribution in [-0.2, 0) is 9.59 Å². The Hall–Kier alpha value is -3.29. The van der Waals surface area contributed by atoms with Gasteiger partial charge in [0.15, 0.2) is 0 Å². The molecule has 0 saturated carbocycles. The first-order valence-electron chi connectivity index (χ1n) is 8.15. The van der Waals surface area contributed by atoms with Crippen molar-refractivity contribution in [3.63, 3.8) is 0 Å². The van der Waals surface area contributed by atoms with Crippen LogP contribution in [0, 0.1) is 11.6 Å². The number of nitrogens with one attached hydrogen (secondary N) is 2. The highest BCUT2D eigenvalue weighted by atomic mass is 19.1. The minimum atomic E-state index is -0.965. The lowest BCUT2D eigenvalue weighted by molar-refractivity contribution is -0.117. The Kier molecular flexibility index (Phi) is 6.59. The number of carbonyl (C=O) groups is 3. The maximum atomic E-state index is 13.5. The van der Waals surface area contributed by atoms with Crippen molar-refractivity contribution in [2.75, 3.05) is 23.8 Å². The van der Waals surface area contributed by atoms with Crippen LogP contribution in [0.5, 0.6) is 0 Å². The number of anilines is 2. The summed E-state index contributed by atoms with van der Waals surface area (Å²) in [5.74, 6) is -2.92. The number of amides is 3. The van der Waals surface area contributed by atoms with Crippen LogP contribution < -0.4 is 15.5 Å². The zero-order chi connectivity index (χ0) is 20.0. The zero-order valence-electron chi connectivity index (χ0n) is 14.9. The lowest BCUT2D eigenvalue weighted by atomic mass is 10.2. The smallest absolute Gasteiger partial charge is 0.254 e. The zero-order valence-corrected chi connectivity index (χ0v) is 14.9. The summed E-state index contributed by atoms with van der Waals surface area (Å²) in [6.07, 6.45) is -0.0242. The topological polar surface area (TPSA) is 78.5 Å². The van der Waals surface area contributed by atoms with Gasteiger partial charge in [-0.25, -0.2) is 8.78 Å². The van der Waals surface area contributed by atoms with Crippen molar-refractivity contribution >= 4 is 29.1 Å². The summed E-state index contributed by atoms with van der Waals surface area (Å²) < 4.78 is 26.3. The molecule has 0 aliphatic heterocycles. The molecule has 27 heavy (non-hydrogen) atoms. The molecule has 0 saturated heterocycles. The first kappa shape index (κ1) is 20.0. The monoisotopic (exact) mass is 375 g/mol. The SMILES string of the molecule is CC(=O)N(C)c1ccc(NC(=O)CCNC(=O)c2ccc(F)cc2F)cc1. The molecule has 0 atom stereocenters. The molecule has 2 rings (SSSR count). The van der Waals surface area contributed by atoms with E-state index in [1.165, 1.54) is 11.8 Å². The van der Waals surface area contributed by atoms with Gasteiger partial charge in [0.1, 0.15) is 11.6 Å². The van der Waals surface area contributed by atoms with Crippen LogP contribution in [0.25, 0.3) is 0 Å². The van der Waals surface area contributed by atoms with Gasteiger partial charge in [0.05, 0.1) is 5.56 Å². The summed E-state index contributed by atoms with van der Waals surface area (Å²) in [7, 11) is 1.64. The third-order valence-electron chi connectivity index (χ3n) is 3.82. The second-order valence-electron chi connectivity index (χ2n) is 5.80. The van der Waals surface area contributed by atoms with Crippen LogP contribution >= 0.6 is 0 Å². The average Bonchev–Trinajstić information content (AvgIpc) is 2.61. The maximum absolute atomic E-state index is 13.5. The molecule has 0 aliphatic rings. The maximum Gasteiger partial charge on any atom is 0.254 e. The van der Waals surface area contributed by atoms with Crippen LogP contribution in [0.4, 0.5) is 20.2 Å². The van der Waals surface area contributed by atoms with Gasteiger partial charge in [-0.15, -0.1) is 0 Å². The van der Waals surface area contributed by atoms with E-state index in [-0.39, 0.29) is 30.3 Å². The fourth-order valence-electron chi connectivity index (χ4n) is 2.23. The van der Waals surface area contributed by atoms with E-state index in [9.17, 15) is 23.2 Å². The average molecular weight is 375 g/mol. The van der Waals surface area contributed by atoms with E-state index in [4.69, 9.17) is 0 Å². The minimum Gasteiger partial charge on any atom is -0.351 e. The molecule has 0 unspecified atom stereocenters. The van der Waals surface area contributed by atoms with E-state index >= 15 is 0 Å². The van der Waals surface area contributed by atoms with E-state index in [0.29, 0.717) is 17.4 Å². The molecule has 0 fully saturated rings. The van der Waals surface area contributed by atoms with Crippen molar-refractivity contribution in [3.8, 4) is 0 Å². The van der Waals surface area contributed by atoms with E-state index in [0.717, 1.165) is 12.1 Å². The molecule has 3 amide bonds. The van der Waals surface area contributed by atoms with Gasteiger partial charge in [-0.1, -0.05) is 0 Å². The van der Waals surface area contributed by atoms with Crippen LogP contribution in [0.3, 0.4) is 0 Å². The Morgan fingerprint density at radius 1 is 1.04 bits per heavy atom.